The van der Waals surface area contributed by atoms with Crippen LogP contribution in [0.4, 0.5) is 5.00 Å². The van der Waals surface area contributed by atoms with E-state index < -0.39 is 0 Å². The van der Waals surface area contributed by atoms with E-state index >= 15 is 0 Å². The van der Waals surface area contributed by atoms with Crippen molar-refractivity contribution in [1.29, 1.82) is 0 Å². The highest BCUT2D eigenvalue weighted by Gasteiger charge is 2.15. The first kappa shape index (κ1) is 15.5. The SMILES string of the molecule is CCOC(=O)c1ncsc1NCc1ccc(C(C)C)cc1. The number of ether oxygens (including phenoxy) is 1. The maximum Gasteiger partial charge on any atom is 0.360 e. The maximum absolute atomic E-state index is 11.7. The number of nitrogens with one attached hydrogen (secondary N) is 1. The first-order valence-electron chi connectivity index (χ1n) is 7.05. The normalized spacial score (nSPS) is 10.7. The molecule has 0 spiro atoms. The van der Waals surface area contributed by atoms with Crippen LogP contribution < -0.4 is 5.32 Å². The molecule has 0 amide bonds. The van der Waals surface area contributed by atoms with E-state index in [0.29, 0.717) is 24.8 Å². The standard InChI is InChI=1S/C16H20N2O2S/c1-4-20-16(19)14-15(21-10-18-14)17-9-12-5-7-13(8-6-12)11(2)3/h5-8,10-11,17H,4,9H2,1-3H3. The Morgan fingerprint density at radius 3 is 2.67 bits per heavy atom. The number of aromatic nitrogens is 1. The summed E-state index contributed by atoms with van der Waals surface area (Å²) in [7, 11) is 0. The van der Waals surface area contributed by atoms with Crippen molar-refractivity contribution in [2.24, 2.45) is 0 Å². The van der Waals surface area contributed by atoms with E-state index in [-0.39, 0.29) is 5.97 Å². The number of rotatable bonds is 6. The Bertz CT molecular complexity index is 591. The van der Waals surface area contributed by atoms with Crippen molar-refractivity contribution < 1.29 is 9.53 Å². The summed E-state index contributed by atoms with van der Waals surface area (Å²) in [5.74, 6) is 0.153. The minimum atomic E-state index is -0.378. The van der Waals surface area contributed by atoms with E-state index in [4.69, 9.17) is 4.74 Å². The summed E-state index contributed by atoms with van der Waals surface area (Å²) in [6.07, 6.45) is 0. The molecule has 21 heavy (non-hydrogen) atoms. The molecule has 2 aromatic rings. The Labute approximate surface area is 129 Å². The number of thiazole rings is 1. The molecule has 5 heteroatoms. The average molecular weight is 304 g/mol. The van der Waals surface area contributed by atoms with Crippen LogP contribution >= 0.6 is 11.3 Å². The van der Waals surface area contributed by atoms with Crippen LogP contribution in [-0.2, 0) is 11.3 Å². The van der Waals surface area contributed by atoms with Gasteiger partial charge in [-0.2, -0.15) is 0 Å². The summed E-state index contributed by atoms with van der Waals surface area (Å²) in [5, 5.41) is 4.00. The lowest BCUT2D eigenvalue weighted by Gasteiger charge is -2.08. The van der Waals surface area contributed by atoms with Gasteiger partial charge in [-0.25, -0.2) is 9.78 Å². The number of esters is 1. The van der Waals surface area contributed by atoms with E-state index in [2.05, 4.69) is 48.4 Å². The first-order chi connectivity index (χ1) is 10.1. The van der Waals surface area contributed by atoms with E-state index in [1.54, 1.807) is 12.4 Å². The molecule has 2 rings (SSSR count). The number of anilines is 1. The highest BCUT2D eigenvalue weighted by Crippen LogP contribution is 2.22. The van der Waals surface area contributed by atoms with Crippen LogP contribution in [-0.4, -0.2) is 17.6 Å². The molecule has 4 nitrogen and oxygen atoms in total. The van der Waals surface area contributed by atoms with Crippen LogP contribution in [0, 0.1) is 0 Å². The summed E-state index contributed by atoms with van der Waals surface area (Å²) in [6, 6.07) is 8.49. The molecule has 112 valence electrons. The average Bonchev–Trinajstić information content (AvgIpc) is 2.94. The van der Waals surface area contributed by atoms with Gasteiger partial charge in [0, 0.05) is 6.54 Å². The molecule has 0 radical (unpaired) electrons. The van der Waals surface area contributed by atoms with Gasteiger partial charge in [-0.1, -0.05) is 38.1 Å². The third-order valence-electron chi connectivity index (χ3n) is 3.14. The molecular formula is C16H20N2O2S. The highest BCUT2D eigenvalue weighted by molar-refractivity contribution is 7.14. The molecule has 1 heterocycles. The van der Waals surface area contributed by atoms with Crippen molar-refractivity contribution in [3.05, 3.63) is 46.6 Å². The van der Waals surface area contributed by atoms with Crippen LogP contribution in [0.1, 0.15) is 48.3 Å². The lowest BCUT2D eigenvalue weighted by Crippen LogP contribution is -2.09. The van der Waals surface area contributed by atoms with Crippen molar-refractivity contribution in [1.82, 2.24) is 4.98 Å². The van der Waals surface area contributed by atoms with Gasteiger partial charge < -0.3 is 10.1 Å². The number of hydrogen-bond acceptors (Lipinski definition) is 5. The van der Waals surface area contributed by atoms with E-state index in [1.807, 2.05) is 0 Å². The topological polar surface area (TPSA) is 51.2 Å². The second kappa shape index (κ2) is 7.22. The second-order valence-electron chi connectivity index (χ2n) is 5.00. The quantitative estimate of drug-likeness (QED) is 0.818. The van der Waals surface area contributed by atoms with Gasteiger partial charge in [0.15, 0.2) is 5.69 Å². The molecule has 0 aliphatic heterocycles. The molecule has 0 bridgehead atoms. The van der Waals surface area contributed by atoms with Gasteiger partial charge in [0.25, 0.3) is 0 Å². The number of benzene rings is 1. The van der Waals surface area contributed by atoms with Gasteiger partial charge in [-0.3, -0.25) is 0 Å². The predicted octanol–water partition coefficient (Wildman–Crippen LogP) is 4.06. The second-order valence-corrected chi connectivity index (χ2v) is 5.86. The van der Waals surface area contributed by atoms with Crippen LogP contribution in [0.25, 0.3) is 0 Å². The van der Waals surface area contributed by atoms with Crippen molar-refractivity contribution in [2.45, 2.75) is 33.2 Å². The van der Waals surface area contributed by atoms with Gasteiger partial charge in [0.1, 0.15) is 5.00 Å². The predicted molar refractivity (Wildman–Crippen MR) is 85.9 cm³/mol. The summed E-state index contributed by atoms with van der Waals surface area (Å²) in [4.78, 5) is 15.8. The van der Waals surface area contributed by atoms with Crippen LogP contribution in [0.15, 0.2) is 29.8 Å². The molecule has 1 aromatic heterocycles. The molecule has 0 fully saturated rings. The van der Waals surface area contributed by atoms with Crippen LogP contribution in [0.2, 0.25) is 0 Å². The molecular weight excluding hydrogens is 284 g/mol. The molecule has 1 N–H and O–H groups in total. The number of nitrogens with zero attached hydrogens (tertiary/aromatic N) is 1. The monoisotopic (exact) mass is 304 g/mol. The first-order valence-corrected chi connectivity index (χ1v) is 7.93. The van der Waals surface area contributed by atoms with E-state index in [9.17, 15) is 4.79 Å². The van der Waals surface area contributed by atoms with Crippen LogP contribution in [0.5, 0.6) is 0 Å². The van der Waals surface area contributed by atoms with E-state index in [1.165, 1.54) is 22.5 Å². The van der Waals surface area contributed by atoms with E-state index in [0.717, 1.165) is 5.00 Å². The summed E-state index contributed by atoms with van der Waals surface area (Å²) < 4.78 is 4.99. The smallest absolute Gasteiger partial charge is 0.360 e. The van der Waals surface area contributed by atoms with Crippen LogP contribution in [0.3, 0.4) is 0 Å². The molecule has 0 atom stereocenters. The van der Waals surface area contributed by atoms with Gasteiger partial charge in [0.05, 0.1) is 12.1 Å². The van der Waals surface area contributed by atoms with Gasteiger partial charge in [-0.05, 0) is 24.0 Å². The molecule has 1 aromatic carbocycles. The minimum absolute atomic E-state index is 0.354. The summed E-state index contributed by atoms with van der Waals surface area (Å²) in [6.45, 7) is 7.15. The van der Waals surface area contributed by atoms with Crippen molar-refractivity contribution in [3.8, 4) is 0 Å². The third-order valence-corrected chi connectivity index (χ3v) is 3.92. The lowest BCUT2D eigenvalue weighted by molar-refractivity contribution is 0.0521. The molecule has 0 saturated carbocycles. The fourth-order valence-electron chi connectivity index (χ4n) is 1.92. The number of carbonyl (C=O) groups is 1. The Balaban J connectivity index is 2.00. The largest absolute Gasteiger partial charge is 0.461 e. The molecule has 0 aliphatic carbocycles. The van der Waals surface area contributed by atoms with Crippen molar-refractivity contribution in [3.63, 3.8) is 0 Å². The third kappa shape index (κ3) is 4.04. The lowest BCUT2D eigenvalue weighted by atomic mass is 10.0. The zero-order chi connectivity index (χ0) is 15.2. The zero-order valence-electron chi connectivity index (χ0n) is 12.6. The van der Waals surface area contributed by atoms with Gasteiger partial charge in [-0.15, -0.1) is 11.3 Å². The minimum Gasteiger partial charge on any atom is -0.461 e. The van der Waals surface area contributed by atoms with Gasteiger partial charge >= 0.3 is 5.97 Å². The summed E-state index contributed by atoms with van der Waals surface area (Å²) >= 11 is 1.41. The Hall–Kier alpha value is -1.88. The molecule has 0 saturated heterocycles. The van der Waals surface area contributed by atoms with Crippen molar-refractivity contribution >= 4 is 22.3 Å². The Morgan fingerprint density at radius 1 is 1.33 bits per heavy atom. The fraction of sp³-hybridized carbons (Fsp3) is 0.375. The Morgan fingerprint density at radius 2 is 2.05 bits per heavy atom. The van der Waals surface area contributed by atoms with Crippen molar-refractivity contribution in [2.75, 3.05) is 11.9 Å². The Kier molecular flexibility index (Phi) is 5.33. The van der Waals surface area contributed by atoms with Gasteiger partial charge in [0.2, 0.25) is 0 Å². The molecule has 0 aliphatic rings. The number of carbonyl (C=O) groups excluding carboxylic acids is 1. The maximum atomic E-state index is 11.7. The number of hydrogen-bond donors (Lipinski definition) is 1. The molecule has 0 unspecified atom stereocenters. The zero-order valence-corrected chi connectivity index (χ0v) is 13.4. The highest BCUT2D eigenvalue weighted by atomic mass is 32.1. The summed E-state index contributed by atoms with van der Waals surface area (Å²) in [5.41, 5.74) is 4.50. The fourth-order valence-corrected chi connectivity index (χ4v) is 2.59.